The molecule has 0 heterocycles. The summed E-state index contributed by atoms with van der Waals surface area (Å²) in [7, 11) is 1.54. The average Bonchev–Trinajstić information content (AvgIpc) is 2.46. The molecule has 0 amide bonds. The Balaban J connectivity index is 2.36. The summed E-state index contributed by atoms with van der Waals surface area (Å²) < 4.78 is 31.3. The third-order valence-electron chi connectivity index (χ3n) is 2.67. The van der Waals surface area contributed by atoms with Crippen LogP contribution in [-0.4, -0.2) is 19.2 Å². The van der Waals surface area contributed by atoms with E-state index in [-0.39, 0.29) is 5.71 Å². The summed E-state index contributed by atoms with van der Waals surface area (Å²) in [5, 5.41) is 0.492. The minimum absolute atomic E-state index is 0.285. The predicted octanol–water partition coefficient (Wildman–Crippen LogP) is 4.73. The van der Waals surface area contributed by atoms with Gasteiger partial charge in [-0.2, -0.15) is 0 Å². The van der Waals surface area contributed by atoms with Gasteiger partial charge in [0.15, 0.2) is 0 Å². The van der Waals surface area contributed by atoms with E-state index in [1.807, 2.05) is 0 Å². The van der Waals surface area contributed by atoms with Crippen LogP contribution in [0, 0.1) is 0 Å². The van der Waals surface area contributed by atoms with E-state index in [0.717, 1.165) is 0 Å². The largest absolute Gasteiger partial charge is 0.497 e. The first-order valence-electron chi connectivity index (χ1n) is 5.87. The van der Waals surface area contributed by atoms with Crippen LogP contribution in [0.4, 0.5) is 14.5 Å². The fourth-order valence-electron chi connectivity index (χ4n) is 1.66. The van der Waals surface area contributed by atoms with Gasteiger partial charge in [-0.1, -0.05) is 23.7 Å². The molecule has 0 N–H and O–H groups in total. The average molecular weight is 296 g/mol. The van der Waals surface area contributed by atoms with E-state index >= 15 is 0 Å². The highest BCUT2D eigenvalue weighted by atomic mass is 35.5. The number of benzene rings is 2. The Labute approximate surface area is 120 Å². The summed E-state index contributed by atoms with van der Waals surface area (Å²) in [6.45, 7) is 0. The zero-order valence-electron chi connectivity index (χ0n) is 10.7. The van der Waals surface area contributed by atoms with Crippen molar-refractivity contribution in [3.8, 4) is 5.75 Å². The van der Waals surface area contributed by atoms with Crippen LogP contribution in [0.1, 0.15) is 5.56 Å². The lowest BCUT2D eigenvalue weighted by molar-refractivity contribution is 0.226. The Hall–Kier alpha value is -1.94. The topological polar surface area (TPSA) is 21.6 Å². The van der Waals surface area contributed by atoms with Gasteiger partial charge in [0.25, 0.3) is 6.43 Å². The summed E-state index contributed by atoms with van der Waals surface area (Å²) in [6.07, 6.45) is -2.67. The molecule has 2 rings (SSSR count). The van der Waals surface area contributed by atoms with Gasteiger partial charge in [-0.25, -0.2) is 13.8 Å². The molecule has 2 aromatic rings. The molecule has 0 radical (unpaired) electrons. The normalized spacial score (nSPS) is 11.8. The second-order valence-corrected chi connectivity index (χ2v) is 4.44. The molecule has 0 aromatic heterocycles. The molecule has 0 spiro atoms. The molecule has 0 fully saturated rings. The van der Waals surface area contributed by atoms with Crippen LogP contribution < -0.4 is 4.74 Å². The molecule has 20 heavy (non-hydrogen) atoms. The molecule has 0 bridgehead atoms. The van der Waals surface area contributed by atoms with Crippen molar-refractivity contribution in [2.24, 2.45) is 4.99 Å². The van der Waals surface area contributed by atoms with E-state index in [1.165, 1.54) is 19.2 Å². The molecule has 0 aliphatic rings. The molecule has 2 nitrogen and oxygen atoms in total. The number of halogens is 3. The fraction of sp³-hybridized carbons (Fsp3) is 0.133. The Morgan fingerprint density at radius 2 is 1.65 bits per heavy atom. The van der Waals surface area contributed by atoms with Gasteiger partial charge < -0.3 is 4.74 Å². The second kappa shape index (κ2) is 6.48. The standard InChI is InChI=1S/C15H12ClF2NO/c1-20-13-8-6-12(7-9-13)19-14(15(17)18)10-2-4-11(16)5-3-10/h2-9,15H,1H3. The van der Waals surface area contributed by atoms with Crippen LogP contribution in [0.5, 0.6) is 5.75 Å². The molecule has 0 saturated carbocycles. The predicted molar refractivity (Wildman–Crippen MR) is 76.6 cm³/mol. The van der Waals surface area contributed by atoms with E-state index in [9.17, 15) is 8.78 Å². The number of aliphatic imine (C=N–C) groups is 1. The number of alkyl halides is 2. The first-order valence-corrected chi connectivity index (χ1v) is 6.24. The Morgan fingerprint density at radius 1 is 1.05 bits per heavy atom. The molecule has 2 aromatic carbocycles. The minimum Gasteiger partial charge on any atom is -0.497 e. The number of rotatable bonds is 4. The zero-order chi connectivity index (χ0) is 14.5. The van der Waals surface area contributed by atoms with Gasteiger partial charge in [0.2, 0.25) is 0 Å². The van der Waals surface area contributed by atoms with Crippen LogP contribution in [-0.2, 0) is 0 Å². The number of ether oxygens (including phenoxy) is 1. The van der Waals surface area contributed by atoms with Crippen LogP contribution >= 0.6 is 11.6 Å². The van der Waals surface area contributed by atoms with E-state index in [0.29, 0.717) is 22.0 Å². The van der Waals surface area contributed by atoms with Crippen molar-refractivity contribution in [1.29, 1.82) is 0 Å². The molecule has 0 aliphatic heterocycles. The van der Waals surface area contributed by atoms with Gasteiger partial charge in [0.05, 0.1) is 12.8 Å². The van der Waals surface area contributed by atoms with E-state index in [1.54, 1.807) is 36.4 Å². The van der Waals surface area contributed by atoms with Crippen LogP contribution in [0.2, 0.25) is 5.02 Å². The highest BCUT2D eigenvalue weighted by molar-refractivity contribution is 6.30. The molecule has 0 aliphatic carbocycles. The maximum Gasteiger partial charge on any atom is 0.280 e. The second-order valence-electron chi connectivity index (χ2n) is 4.00. The lowest BCUT2D eigenvalue weighted by Gasteiger charge is -2.06. The highest BCUT2D eigenvalue weighted by Gasteiger charge is 2.15. The van der Waals surface area contributed by atoms with Crippen LogP contribution in [0.3, 0.4) is 0 Å². The van der Waals surface area contributed by atoms with Gasteiger partial charge in [-0.05, 0) is 36.4 Å². The minimum atomic E-state index is -2.67. The lowest BCUT2D eigenvalue weighted by atomic mass is 10.1. The monoisotopic (exact) mass is 295 g/mol. The van der Waals surface area contributed by atoms with Crippen molar-refractivity contribution in [2.75, 3.05) is 7.11 Å². The van der Waals surface area contributed by atoms with Crippen molar-refractivity contribution >= 4 is 23.0 Å². The SMILES string of the molecule is COc1ccc(N=C(c2ccc(Cl)cc2)C(F)F)cc1. The fourth-order valence-corrected chi connectivity index (χ4v) is 1.78. The highest BCUT2D eigenvalue weighted by Crippen LogP contribution is 2.21. The van der Waals surface area contributed by atoms with Gasteiger partial charge in [0, 0.05) is 10.6 Å². The zero-order valence-corrected chi connectivity index (χ0v) is 11.4. The van der Waals surface area contributed by atoms with E-state index in [4.69, 9.17) is 16.3 Å². The maximum absolute atomic E-state index is 13.1. The third kappa shape index (κ3) is 3.54. The lowest BCUT2D eigenvalue weighted by Crippen LogP contribution is -2.11. The van der Waals surface area contributed by atoms with Gasteiger partial charge in [-0.3, -0.25) is 0 Å². The van der Waals surface area contributed by atoms with Gasteiger partial charge in [-0.15, -0.1) is 0 Å². The van der Waals surface area contributed by atoms with Crippen molar-refractivity contribution in [2.45, 2.75) is 6.43 Å². The number of hydrogen-bond acceptors (Lipinski definition) is 2. The third-order valence-corrected chi connectivity index (χ3v) is 2.92. The number of hydrogen-bond donors (Lipinski definition) is 0. The van der Waals surface area contributed by atoms with Crippen LogP contribution in [0.25, 0.3) is 0 Å². The summed E-state index contributed by atoms with van der Waals surface area (Å²) >= 11 is 5.75. The molecule has 5 heteroatoms. The van der Waals surface area contributed by atoms with Gasteiger partial charge in [0.1, 0.15) is 11.5 Å². The Bertz CT molecular complexity index is 594. The van der Waals surface area contributed by atoms with Crippen molar-refractivity contribution in [3.05, 3.63) is 59.1 Å². The van der Waals surface area contributed by atoms with Crippen molar-refractivity contribution in [3.63, 3.8) is 0 Å². The number of nitrogens with zero attached hydrogens (tertiary/aromatic N) is 1. The first kappa shape index (κ1) is 14.5. The smallest absolute Gasteiger partial charge is 0.280 e. The quantitative estimate of drug-likeness (QED) is 0.747. The molecule has 0 atom stereocenters. The van der Waals surface area contributed by atoms with Crippen molar-refractivity contribution < 1.29 is 13.5 Å². The van der Waals surface area contributed by atoms with E-state index in [2.05, 4.69) is 4.99 Å². The number of methoxy groups -OCH3 is 1. The van der Waals surface area contributed by atoms with E-state index < -0.39 is 6.43 Å². The first-order chi connectivity index (χ1) is 9.60. The Morgan fingerprint density at radius 3 is 2.15 bits per heavy atom. The van der Waals surface area contributed by atoms with Crippen LogP contribution in [0.15, 0.2) is 53.5 Å². The summed E-state index contributed by atoms with van der Waals surface area (Å²) in [5.41, 5.74) is 0.503. The Kier molecular flexibility index (Phi) is 4.69. The maximum atomic E-state index is 13.1. The molecular formula is C15H12ClF2NO. The van der Waals surface area contributed by atoms with Gasteiger partial charge >= 0.3 is 0 Å². The molecule has 0 unspecified atom stereocenters. The molecule has 0 saturated heterocycles. The summed E-state index contributed by atoms with van der Waals surface area (Å²) in [4.78, 5) is 4.00. The summed E-state index contributed by atoms with van der Waals surface area (Å²) in [6, 6.07) is 12.8. The molecule has 104 valence electrons. The van der Waals surface area contributed by atoms with Crippen molar-refractivity contribution in [1.82, 2.24) is 0 Å². The summed E-state index contributed by atoms with van der Waals surface area (Å²) in [5.74, 6) is 0.647. The molecular weight excluding hydrogens is 284 g/mol.